The van der Waals surface area contributed by atoms with E-state index in [-0.39, 0.29) is 17.6 Å². The quantitative estimate of drug-likeness (QED) is 0.606. The number of likely N-dealkylation sites (tertiary alicyclic amines) is 1. The van der Waals surface area contributed by atoms with Crippen LogP contribution in [-0.4, -0.2) is 75.9 Å². The highest BCUT2D eigenvalue weighted by atomic mass is 35.5. The van der Waals surface area contributed by atoms with Crippen LogP contribution in [-0.2, 0) is 4.79 Å². The number of nitrogens with one attached hydrogen (secondary N) is 2. The molecule has 1 amide bonds. The second-order valence-electron chi connectivity index (χ2n) is 8.11. The van der Waals surface area contributed by atoms with Crippen LogP contribution in [0, 0.1) is 11.7 Å². The molecule has 4 rings (SSSR count). The molecule has 8 nitrogen and oxygen atoms in total. The Labute approximate surface area is 184 Å². The van der Waals surface area contributed by atoms with Crippen molar-refractivity contribution in [2.24, 2.45) is 5.92 Å². The number of H-pyrrole nitrogens is 1. The van der Waals surface area contributed by atoms with Gasteiger partial charge in [-0.2, -0.15) is 0 Å². The minimum absolute atomic E-state index is 0.122. The molecule has 31 heavy (non-hydrogen) atoms. The zero-order valence-electron chi connectivity index (χ0n) is 17.5. The van der Waals surface area contributed by atoms with E-state index in [0.29, 0.717) is 41.7 Å². The Bertz CT molecular complexity index is 1090. The maximum absolute atomic E-state index is 14.4. The average molecular weight is 446 g/mol. The van der Waals surface area contributed by atoms with Crippen molar-refractivity contribution in [3.63, 3.8) is 0 Å². The van der Waals surface area contributed by atoms with Crippen LogP contribution in [0.4, 0.5) is 10.2 Å². The van der Waals surface area contributed by atoms with Gasteiger partial charge in [0.1, 0.15) is 5.65 Å². The number of carbonyl (C=O) groups is 1. The number of halogens is 2. The van der Waals surface area contributed by atoms with Gasteiger partial charge in [-0.1, -0.05) is 11.6 Å². The molecule has 1 saturated heterocycles. The summed E-state index contributed by atoms with van der Waals surface area (Å²) in [6, 6.07) is 1.77. The minimum Gasteiger partial charge on any atom is -0.367 e. The highest BCUT2D eigenvalue weighted by Crippen LogP contribution is 2.28. The normalized spacial score (nSPS) is 16.8. The highest BCUT2D eigenvalue weighted by molar-refractivity contribution is 6.31. The second kappa shape index (κ2) is 9.15. The van der Waals surface area contributed by atoms with Gasteiger partial charge in [0.05, 0.1) is 17.8 Å². The van der Waals surface area contributed by atoms with Crippen LogP contribution in [0.5, 0.6) is 0 Å². The molecule has 3 aromatic heterocycles. The van der Waals surface area contributed by atoms with E-state index in [2.05, 4.69) is 25.3 Å². The molecule has 10 heteroatoms. The van der Waals surface area contributed by atoms with Gasteiger partial charge in [0, 0.05) is 43.0 Å². The highest BCUT2D eigenvalue weighted by Gasteiger charge is 2.24. The van der Waals surface area contributed by atoms with E-state index in [0.717, 1.165) is 31.0 Å². The number of piperidine rings is 1. The minimum atomic E-state index is -0.518. The van der Waals surface area contributed by atoms with Crippen molar-refractivity contribution in [1.29, 1.82) is 0 Å². The molecule has 1 aliphatic rings. The van der Waals surface area contributed by atoms with Crippen LogP contribution in [0.2, 0.25) is 5.02 Å². The SMILES string of the molecule is CN(C)CC(=O)N1CCC[C@@H](CNc2nc(-c3c[nH]c4ncc(Cl)cc34)ncc2F)C1. The van der Waals surface area contributed by atoms with E-state index in [1.165, 1.54) is 0 Å². The zero-order chi connectivity index (χ0) is 22.0. The number of carbonyl (C=O) groups excluding carboxylic acids is 1. The number of aromatic nitrogens is 4. The van der Waals surface area contributed by atoms with Gasteiger partial charge in [-0.3, -0.25) is 4.79 Å². The predicted octanol–water partition coefficient (Wildman–Crippen LogP) is 3.02. The largest absolute Gasteiger partial charge is 0.367 e. The first-order valence-corrected chi connectivity index (χ1v) is 10.6. The number of anilines is 1. The van der Waals surface area contributed by atoms with Gasteiger partial charge in [-0.05, 0) is 38.9 Å². The van der Waals surface area contributed by atoms with Gasteiger partial charge in [-0.25, -0.2) is 19.3 Å². The molecule has 0 unspecified atom stereocenters. The molecule has 1 aliphatic heterocycles. The summed E-state index contributed by atoms with van der Waals surface area (Å²) < 4.78 is 14.4. The zero-order valence-corrected chi connectivity index (χ0v) is 18.3. The Morgan fingerprint density at radius 1 is 1.39 bits per heavy atom. The number of fused-ring (bicyclic) bond motifs is 1. The topological polar surface area (TPSA) is 90.0 Å². The monoisotopic (exact) mass is 445 g/mol. The summed E-state index contributed by atoms with van der Waals surface area (Å²) in [4.78, 5) is 31.9. The van der Waals surface area contributed by atoms with Gasteiger partial charge in [-0.15, -0.1) is 0 Å². The molecule has 0 radical (unpaired) electrons. The number of hydrogen-bond acceptors (Lipinski definition) is 6. The summed E-state index contributed by atoms with van der Waals surface area (Å²) in [6.07, 6.45) is 6.37. The Kier molecular flexibility index (Phi) is 6.33. The van der Waals surface area contributed by atoms with Crippen LogP contribution in [0.3, 0.4) is 0 Å². The van der Waals surface area contributed by atoms with Crippen molar-refractivity contribution in [1.82, 2.24) is 29.7 Å². The Morgan fingerprint density at radius 2 is 2.23 bits per heavy atom. The second-order valence-corrected chi connectivity index (χ2v) is 8.55. The molecular weight excluding hydrogens is 421 g/mol. The van der Waals surface area contributed by atoms with Gasteiger partial charge in [0.2, 0.25) is 5.91 Å². The first kappa shape index (κ1) is 21.5. The molecular formula is C21H25ClFN7O. The van der Waals surface area contributed by atoms with Crippen LogP contribution < -0.4 is 5.32 Å². The van der Waals surface area contributed by atoms with Crippen molar-refractivity contribution in [3.05, 3.63) is 35.5 Å². The first-order valence-electron chi connectivity index (χ1n) is 10.2. The van der Waals surface area contributed by atoms with E-state index in [4.69, 9.17) is 11.6 Å². The number of rotatable bonds is 6. The summed E-state index contributed by atoms with van der Waals surface area (Å²) in [7, 11) is 3.77. The smallest absolute Gasteiger partial charge is 0.236 e. The van der Waals surface area contributed by atoms with Crippen LogP contribution in [0.1, 0.15) is 12.8 Å². The fourth-order valence-electron chi connectivity index (χ4n) is 3.85. The van der Waals surface area contributed by atoms with Gasteiger partial charge in [0.15, 0.2) is 17.5 Å². The van der Waals surface area contributed by atoms with Crippen molar-refractivity contribution in [2.45, 2.75) is 12.8 Å². The number of amides is 1. The van der Waals surface area contributed by atoms with Crippen molar-refractivity contribution >= 4 is 34.4 Å². The molecule has 4 heterocycles. The molecule has 3 aromatic rings. The average Bonchev–Trinajstić information content (AvgIpc) is 3.16. The number of pyridine rings is 1. The Hall–Kier alpha value is -2.78. The summed E-state index contributed by atoms with van der Waals surface area (Å²) in [5.74, 6) is 0.360. The van der Waals surface area contributed by atoms with Crippen molar-refractivity contribution < 1.29 is 9.18 Å². The third kappa shape index (κ3) is 4.94. The van der Waals surface area contributed by atoms with E-state index in [9.17, 15) is 9.18 Å². The summed E-state index contributed by atoms with van der Waals surface area (Å²) in [5.41, 5.74) is 1.36. The number of aromatic amines is 1. The molecule has 2 N–H and O–H groups in total. The van der Waals surface area contributed by atoms with Gasteiger partial charge in [0.25, 0.3) is 0 Å². The molecule has 0 spiro atoms. The lowest BCUT2D eigenvalue weighted by Crippen LogP contribution is -2.45. The number of hydrogen-bond donors (Lipinski definition) is 2. The molecule has 0 aromatic carbocycles. The van der Waals surface area contributed by atoms with E-state index in [1.807, 2.05) is 23.9 Å². The standard InChI is InChI=1S/C21H25ClFN7O/c1-29(2)12-18(31)30-5-3-4-13(11-30)7-24-21-17(23)10-27-20(28-21)16-9-26-19-15(16)6-14(22)8-25-19/h6,8-10,13H,3-5,7,11-12H2,1-2H3,(H,25,26)(H,24,27,28)/t13-/m0/s1. The van der Waals surface area contributed by atoms with E-state index in [1.54, 1.807) is 18.5 Å². The lowest BCUT2D eigenvalue weighted by molar-refractivity contribution is -0.133. The third-order valence-electron chi connectivity index (χ3n) is 5.36. The Balaban J connectivity index is 1.47. The first-order chi connectivity index (χ1) is 14.9. The fourth-order valence-corrected chi connectivity index (χ4v) is 4.01. The third-order valence-corrected chi connectivity index (χ3v) is 5.57. The number of likely N-dealkylation sites (N-methyl/N-ethyl adjacent to an activating group) is 1. The van der Waals surface area contributed by atoms with Crippen molar-refractivity contribution in [2.75, 3.05) is 45.6 Å². The van der Waals surface area contributed by atoms with Crippen LogP contribution in [0.15, 0.2) is 24.7 Å². The molecule has 0 bridgehead atoms. The lowest BCUT2D eigenvalue weighted by Gasteiger charge is -2.33. The van der Waals surface area contributed by atoms with Crippen LogP contribution >= 0.6 is 11.6 Å². The molecule has 0 aliphatic carbocycles. The molecule has 164 valence electrons. The fraction of sp³-hybridized carbons (Fsp3) is 0.429. The molecule has 0 saturated carbocycles. The maximum Gasteiger partial charge on any atom is 0.236 e. The lowest BCUT2D eigenvalue weighted by atomic mass is 9.98. The molecule has 1 atom stereocenters. The summed E-state index contributed by atoms with van der Waals surface area (Å²) >= 11 is 6.07. The predicted molar refractivity (Wildman–Crippen MR) is 118 cm³/mol. The molecule has 1 fully saturated rings. The van der Waals surface area contributed by atoms with Crippen LogP contribution in [0.25, 0.3) is 22.4 Å². The van der Waals surface area contributed by atoms with Crippen molar-refractivity contribution in [3.8, 4) is 11.4 Å². The maximum atomic E-state index is 14.4. The van der Waals surface area contributed by atoms with Gasteiger partial charge < -0.3 is 20.1 Å². The number of nitrogens with zero attached hydrogens (tertiary/aromatic N) is 5. The summed E-state index contributed by atoms with van der Waals surface area (Å²) in [5, 5.41) is 4.39. The summed E-state index contributed by atoms with van der Waals surface area (Å²) in [6.45, 7) is 2.35. The van der Waals surface area contributed by atoms with Gasteiger partial charge >= 0.3 is 0 Å². The Morgan fingerprint density at radius 3 is 3.03 bits per heavy atom. The van der Waals surface area contributed by atoms with E-state index >= 15 is 0 Å². The van der Waals surface area contributed by atoms with E-state index < -0.39 is 5.82 Å².